The van der Waals surface area contributed by atoms with Crippen molar-refractivity contribution in [2.45, 2.75) is 26.4 Å². The molecule has 4 heteroatoms. The average Bonchev–Trinajstić information content (AvgIpc) is 2.36. The highest BCUT2D eigenvalue weighted by atomic mass is 16.3. The van der Waals surface area contributed by atoms with Gasteiger partial charge in [0.05, 0.1) is 0 Å². The smallest absolute Gasteiger partial charge is 0.119 e. The molecule has 0 aliphatic heterocycles. The van der Waals surface area contributed by atoms with Crippen molar-refractivity contribution in [2.24, 2.45) is 0 Å². The van der Waals surface area contributed by atoms with Crippen molar-refractivity contribution in [2.75, 3.05) is 0 Å². The van der Waals surface area contributed by atoms with Crippen LogP contribution in [0, 0.1) is 6.92 Å². The average molecular weight is 258 g/mol. The minimum absolute atomic E-state index is 0.0329. The number of hydrogen-bond donors (Lipinski definition) is 3. The molecule has 0 amide bonds. The van der Waals surface area contributed by atoms with Crippen LogP contribution in [0.15, 0.2) is 36.7 Å². The number of aryl methyl sites for hydroxylation is 1. The van der Waals surface area contributed by atoms with Gasteiger partial charge in [-0.3, -0.25) is 4.98 Å². The maximum Gasteiger partial charge on any atom is 0.119 e. The topological polar surface area (TPSA) is 65.4 Å². The molecule has 0 saturated heterocycles. The molecule has 1 aromatic heterocycles. The van der Waals surface area contributed by atoms with Crippen LogP contribution in [0.4, 0.5) is 0 Å². The zero-order chi connectivity index (χ0) is 13.8. The predicted molar refractivity (Wildman–Crippen MR) is 74.0 cm³/mol. The maximum absolute atomic E-state index is 9.48. The lowest BCUT2D eigenvalue weighted by atomic mass is 10.1. The Hall–Kier alpha value is -2.07. The van der Waals surface area contributed by atoms with Crippen molar-refractivity contribution in [3.63, 3.8) is 0 Å². The van der Waals surface area contributed by atoms with Gasteiger partial charge in [0.1, 0.15) is 11.5 Å². The van der Waals surface area contributed by atoms with E-state index < -0.39 is 0 Å². The van der Waals surface area contributed by atoms with Crippen molar-refractivity contribution in [1.29, 1.82) is 0 Å². The van der Waals surface area contributed by atoms with E-state index in [4.69, 9.17) is 0 Å². The zero-order valence-corrected chi connectivity index (χ0v) is 11.1. The molecule has 1 atom stereocenters. The number of nitrogens with zero attached hydrogens (tertiary/aromatic N) is 1. The van der Waals surface area contributed by atoms with E-state index >= 15 is 0 Å². The third kappa shape index (κ3) is 3.45. The number of aromatic hydroxyl groups is 2. The molecule has 0 radical (unpaired) electrons. The first-order chi connectivity index (χ1) is 9.06. The summed E-state index contributed by atoms with van der Waals surface area (Å²) in [4.78, 5) is 4.06. The molecule has 1 unspecified atom stereocenters. The molecule has 19 heavy (non-hydrogen) atoms. The third-order valence-corrected chi connectivity index (χ3v) is 3.16. The first-order valence-corrected chi connectivity index (χ1v) is 6.22. The number of phenolic OH excluding ortho intramolecular Hbond substituents is 2. The molecular weight excluding hydrogens is 240 g/mol. The van der Waals surface area contributed by atoms with E-state index in [1.54, 1.807) is 18.3 Å². The lowest BCUT2D eigenvalue weighted by molar-refractivity contribution is 0.446. The van der Waals surface area contributed by atoms with Crippen LogP contribution in [-0.4, -0.2) is 15.2 Å². The van der Waals surface area contributed by atoms with Crippen LogP contribution < -0.4 is 5.32 Å². The first-order valence-electron chi connectivity index (χ1n) is 6.22. The summed E-state index contributed by atoms with van der Waals surface area (Å²) >= 11 is 0. The molecule has 2 aromatic rings. The third-order valence-electron chi connectivity index (χ3n) is 3.16. The summed E-state index contributed by atoms with van der Waals surface area (Å²) < 4.78 is 0. The van der Waals surface area contributed by atoms with Crippen LogP contribution in [-0.2, 0) is 6.54 Å². The normalized spacial score (nSPS) is 12.3. The number of phenols is 2. The number of benzene rings is 1. The lowest BCUT2D eigenvalue weighted by Crippen LogP contribution is -2.18. The van der Waals surface area contributed by atoms with Gasteiger partial charge in [0.2, 0.25) is 0 Å². The van der Waals surface area contributed by atoms with Crippen LogP contribution in [0.2, 0.25) is 0 Å². The van der Waals surface area contributed by atoms with Crippen LogP contribution in [0.1, 0.15) is 29.7 Å². The van der Waals surface area contributed by atoms with Gasteiger partial charge < -0.3 is 15.5 Å². The molecule has 1 heterocycles. The van der Waals surface area contributed by atoms with E-state index in [1.165, 1.54) is 11.6 Å². The van der Waals surface area contributed by atoms with Crippen molar-refractivity contribution in [3.05, 3.63) is 53.3 Å². The molecular formula is C15H18N2O2. The Kier molecular flexibility index (Phi) is 4.02. The minimum atomic E-state index is 0.0329. The van der Waals surface area contributed by atoms with Gasteiger partial charge in [-0.1, -0.05) is 0 Å². The Labute approximate surface area is 112 Å². The van der Waals surface area contributed by atoms with E-state index in [-0.39, 0.29) is 17.5 Å². The summed E-state index contributed by atoms with van der Waals surface area (Å²) in [6.07, 6.45) is 3.61. The minimum Gasteiger partial charge on any atom is -0.508 e. The van der Waals surface area contributed by atoms with E-state index in [2.05, 4.69) is 10.3 Å². The largest absolute Gasteiger partial charge is 0.508 e. The molecule has 2 rings (SSSR count). The molecule has 0 aliphatic carbocycles. The van der Waals surface area contributed by atoms with Gasteiger partial charge in [0.15, 0.2) is 0 Å². The summed E-state index contributed by atoms with van der Waals surface area (Å²) in [7, 11) is 0. The van der Waals surface area contributed by atoms with Gasteiger partial charge in [-0.2, -0.15) is 0 Å². The van der Waals surface area contributed by atoms with Crippen molar-refractivity contribution >= 4 is 0 Å². The monoisotopic (exact) mass is 258 g/mol. The molecule has 0 saturated carbocycles. The molecule has 0 bridgehead atoms. The summed E-state index contributed by atoms with van der Waals surface area (Å²) in [6.45, 7) is 4.73. The van der Waals surface area contributed by atoms with E-state index in [1.807, 2.05) is 26.1 Å². The van der Waals surface area contributed by atoms with Crippen molar-refractivity contribution in [1.82, 2.24) is 10.3 Å². The molecule has 4 nitrogen and oxygen atoms in total. The number of aromatic nitrogens is 1. The molecule has 3 N–H and O–H groups in total. The Bertz CT molecular complexity index is 550. The summed E-state index contributed by atoms with van der Waals surface area (Å²) in [5.41, 5.74) is 3.18. The fourth-order valence-corrected chi connectivity index (χ4v) is 1.95. The Morgan fingerprint density at radius 1 is 1.21 bits per heavy atom. The quantitative estimate of drug-likeness (QED) is 0.788. The highest BCUT2D eigenvalue weighted by Crippen LogP contribution is 2.24. The van der Waals surface area contributed by atoms with E-state index in [0.29, 0.717) is 6.54 Å². The van der Waals surface area contributed by atoms with Crippen LogP contribution in [0.3, 0.4) is 0 Å². The van der Waals surface area contributed by atoms with E-state index in [9.17, 15) is 10.2 Å². The number of pyridine rings is 1. The first kappa shape index (κ1) is 13.4. The van der Waals surface area contributed by atoms with Crippen molar-refractivity contribution < 1.29 is 10.2 Å². The highest BCUT2D eigenvalue weighted by molar-refractivity contribution is 5.38. The van der Waals surface area contributed by atoms with E-state index in [0.717, 1.165) is 11.1 Å². The molecule has 0 aliphatic rings. The SMILES string of the molecule is Cc1cnccc1CNC(C)c1cc(O)cc(O)c1. The fourth-order valence-electron chi connectivity index (χ4n) is 1.95. The lowest BCUT2D eigenvalue weighted by Gasteiger charge is -2.15. The second-order valence-electron chi connectivity index (χ2n) is 4.69. The fraction of sp³-hybridized carbons (Fsp3) is 0.267. The Balaban J connectivity index is 2.05. The van der Waals surface area contributed by atoms with Crippen molar-refractivity contribution in [3.8, 4) is 11.5 Å². The second kappa shape index (κ2) is 5.71. The van der Waals surface area contributed by atoms with Gasteiger partial charge in [-0.05, 0) is 48.7 Å². The predicted octanol–water partition coefficient (Wildman–Crippen LogP) is 2.65. The summed E-state index contributed by atoms with van der Waals surface area (Å²) in [5.74, 6) is 0.146. The van der Waals surface area contributed by atoms with Gasteiger partial charge >= 0.3 is 0 Å². The Morgan fingerprint density at radius 3 is 2.53 bits per heavy atom. The van der Waals surface area contributed by atoms with Crippen LogP contribution in [0.5, 0.6) is 11.5 Å². The van der Waals surface area contributed by atoms with Crippen LogP contribution in [0.25, 0.3) is 0 Å². The molecule has 0 spiro atoms. The highest BCUT2D eigenvalue weighted by Gasteiger charge is 2.08. The second-order valence-corrected chi connectivity index (χ2v) is 4.69. The number of hydrogen-bond acceptors (Lipinski definition) is 4. The standard InChI is InChI=1S/C15H18N2O2/c1-10-8-16-4-3-12(10)9-17-11(2)13-5-14(18)7-15(19)6-13/h3-8,11,17-19H,9H2,1-2H3. The summed E-state index contributed by atoms with van der Waals surface area (Å²) in [6, 6.07) is 6.64. The molecule has 100 valence electrons. The molecule has 0 fully saturated rings. The summed E-state index contributed by atoms with van der Waals surface area (Å²) in [5, 5.41) is 22.3. The van der Waals surface area contributed by atoms with Gasteiger partial charge in [0, 0.05) is 31.0 Å². The number of nitrogens with one attached hydrogen (secondary N) is 1. The van der Waals surface area contributed by atoms with Gasteiger partial charge in [-0.25, -0.2) is 0 Å². The van der Waals surface area contributed by atoms with Gasteiger partial charge in [-0.15, -0.1) is 0 Å². The molecule has 1 aromatic carbocycles. The number of rotatable bonds is 4. The van der Waals surface area contributed by atoms with Gasteiger partial charge in [0.25, 0.3) is 0 Å². The Morgan fingerprint density at radius 2 is 1.89 bits per heavy atom. The van der Waals surface area contributed by atoms with Crippen LogP contribution >= 0.6 is 0 Å². The zero-order valence-electron chi connectivity index (χ0n) is 11.1. The maximum atomic E-state index is 9.48.